The van der Waals surface area contributed by atoms with Crippen molar-refractivity contribution in [3.8, 4) is 0 Å². The fourth-order valence-electron chi connectivity index (χ4n) is 2.39. The molecule has 0 saturated carbocycles. The summed E-state index contributed by atoms with van der Waals surface area (Å²) in [6.07, 6.45) is 4.32. The van der Waals surface area contributed by atoms with Crippen molar-refractivity contribution in [2.45, 2.75) is 10.5 Å². The number of allylic oxidation sites excluding steroid dienone is 4. The van der Waals surface area contributed by atoms with Crippen LogP contribution in [-0.2, 0) is 20.2 Å². The highest BCUT2D eigenvalue weighted by Crippen LogP contribution is 2.41. The van der Waals surface area contributed by atoms with E-state index in [-0.39, 0.29) is 11.3 Å². The molecule has 0 bridgehead atoms. The maximum Gasteiger partial charge on any atom is 0.292 e. The second-order valence-corrected chi connectivity index (χ2v) is 8.84. The van der Waals surface area contributed by atoms with Crippen LogP contribution in [0.2, 0.25) is 0 Å². The van der Waals surface area contributed by atoms with Gasteiger partial charge in [0.25, 0.3) is 24.3 Å². The van der Waals surface area contributed by atoms with E-state index in [0.717, 1.165) is 6.08 Å². The molecule has 7 nitrogen and oxygen atoms in total. The van der Waals surface area contributed by atoms with Crippen LogP contribution in [0, 0.1) is 0 Å². The second-order valence-electron chi connectivity index (χ2n) is 5.11. The highest BCUT2D eigenvalue weighted by molar-refractivity contribution is 8.05. The van der Waals surface area contributed by atoms with Crippen molar-refractivity contribution >= 4 is 43.7 Å². The Kier molecular flexibility index (Phi) is 5.52. The van der Waals surface area contributed by atoms with Crippen LogP contribution in [0.1, 0.15) is 12.0 Å². The number of isothiocyanates is 1. The lowest BCUT2D eigenvalue weighted by atomic mass is 10.00. The van der Waals surface area contributed by atoms with Gasteiger partial charge in [0.15, 0.2) is 0 Å². The normalized spacial score (nSPS) is 17.5. The largest absolute Gasteiger partial charge is 0.292 e. The van der Waals surface area contributed by atoms with E-state index in [1.54, 1.807) is 30.3 Å². The third-order valence-electron chi connectivity index (χ3n) is 3.59. The van der Waals surface area contributed by atoms with E-state index in [1.165, 1.54) is 18.2 Å². The summed E-state index contributed by atoms with van der Waals surface area (Å²) in [5.74, 6) is 0. The third-order valence-corrected chi connectivity index (χ3v) is 7.37. The first-order valence-electron chi connectivity index (χ1n) is 6.78. The Balaban J connectivity index is 2.70. The van der Waals surface area contributed by atoms with Gasteiger partial charge in [0.1, 0.15) is 0 Å². The topological polar surface area (TPSA) is 121 Å². The zero-order valence-corrected chi connectivity index (χ0v) is 15.1. The first-order valence-corrected chi connectivity index (χ1v) is 10.1. The van der Waals surface area contributed by atoms with Crippen LogP contribution in [0.4, 0.5) is 0 Å². The highest BCUT2D eigenvalue weighted by Gasteiger charge is 2.58. The van der Waals surface area contributed by atoms with Crippen LogP contribution in [-0.4, -0.2) is 35.2 Å². The quantitative estimate of drug-likeness (QED) is 0.443. The minimum Gasteiger partial charge on any atom is -0.284 e. The summed E-state index contributed by atoms with van der Waals surface area (Å²) < 4.78 is 64.1. The Morgan fingerprint density at radius 3 is 2.16 bits per heavy atom. The number of aliphatic imine (C=N–C) groups is 1. The molecular formula is C15H13NO6S3. The molecule has 132 valence electrons. The second kappa shape index (κ2) is 7.12. The highest BCUT2D eigenvalue weighted by atomic mass is 32.3. The smallest absolute Gasteiger partial charge is 0.284 e. The standard InChI is InChI=1S/C15H13NO6S3/c17-24(18,19)15(25(20,21)22)10-14(16-11-23)9-8-13(15)7-6-12-4-2-1-3-5-12/h1-9H,10H2,(H,17,18,19)(H,20,21,22). The van der Waals surface area contributed by atoms with Crippen molar-refractivity contribution in [1.82, 2.24) is 0 Å². The first-order chi connectivity index (χ1) is 11.6. The lowest BCUT2D eigenvalue weighted by molar-refractivity contribution is 0.432. The summed E-state index contributed by atoms with van der Waals surface area (Å²) in [6, 6.07) is 8.66. The fraction of sp³-hybridized carbons (Fsp3) is 0.133. The van der Waals surface area contributed by atoms with Crippen LogP contribution < -0.4 is 0 Å². The molecule has 10 heteroatoms. The van der Waals surface area contributed by atoms with Gasteiger partial charge < -0.3 is 0 Å². The minimum absolute atomic E-state index is 0.0675. The van der Waals surface area contributed by atoms with Crippen LogP contribution in [0.25, 0.3) is 6.08 Å². The van der Waals surface area contributed by atoms with Gasteiger partial charge in [-0.05, 0) is 29.4 Å². The summed E-state index contributed by atoms with van der Waals surface area (Å²) in [6.45, 7) is 0. The number of nitrogens with zero attached hydrogens (tertiary/aromatic N) is 1. The molecule has 2 N–H and O–H groups in total. The number of thiocarbonyl (C=S) groups is 1. The maximum atomic E-state index is 12.0. The molecule has 0 amide bonds. The number of hydrogen-bond acceptors (Lipinski definition) is 6. The maximum absolute atomic E-state index is 12.0. The van der Waals surface area contributed by atoms with Gasteiger partial charge in [-0.1, -0.05) is 48.6 Å². The molecule has 0 heterocycles. The van der Waals surface area contributed by atoms with Crippen LogP contribution >= 0.6 is 12.2 Å². The molecule has 1 aromatic carbocycles. The fourth-order valence-corrected chi connectivity index (χ4v) is 5.10. The minimum atomic E-state index is -5.27. The van der Waals surface area contributed by atoms with Gasteiger partial charge in [0, 0.05) is 6.42 Å². The Bertz CT molecular complexity index is 982. The lowest BCUT2D eigenvalue weighted by Gasteiger charge is -2.30. The molecule has 0 saturated heterocycles. The monoisotopic (exact) mass is 399 g/mol. The van der Waals surface area contributed by atoms with Gasteiger partial charge in [0.05, 0.1) is 10.9 Å². The van der Waals surface area contributed by atoms with Crippen molar-refractivity contribution < 1.29 is 25.9 Å². The van der Waals surface area contributed by atoms with Gasteiger partial charge in [0.2, 0.25) is 0 Å². The molecule has 0 spiro atoms. The van der Waals surface area contributed by atoms with Gasteiger partial charge in [-0.15, -0.1) is 0 Å². The number of hydrogen-bond donors (Lipinski definition) is 2. The molecule has 1 aliphatic carbocycles. The van der Waals surface area contributed by atoms with E-state index >= 15 is 0 Å². The number of rotatable bonds is 5. The summed E-state index contributed by atoms with van der Waals surface area (Å²) in [5, 5.41) is 1.99. The van der Waals surface area contributed by atoms with E-state index in [2.05, 4.69) is 17.2 Å². The molecule has 0 aliphatic heterocycles. The van der Waals surface area contributed by atoms with Crippen molar-refractivity contribution in [2.75, 3.05) is 0 Å². The van der Waals surface area contributed by atoms with Crippen LogP contribution in [0.15, 0.2) is 64.8 Å². The van der Waals surface area contributed by atoms with Crippen LogP contribution in [0.3, 0.4) is 0 Å². The molecule has 25 heavy (non-hydrogen) atoms. The lowest BCUT2D eigenvalue weighted by Crippen LogP contribution is -2.48. The molecule has 2 rings (SSSR count). The first kappa shape index (κ1) is 19.4. The Labute approximate surface area is 150 Å². The van der Waals surface area contributed by atoms with Crippen molar-refractivity contribution in [1.29, 1.82) is 0 Å². The van der Waals surface area contributed by atoms with Gasteiger partial charge in [-0.25, -0.2) is 0 Å². The molecule has 1 aliphatic rings. The van der Waals surface area contributed by atoms with Gasteiger partial charge in [-0.3, -0.25) is 9.11 Å². The predicted molar refractivity (Wildman–Crippen MR) is 97.1 cm³/mol. The molecule has 1 aromatic rings. The average Bonchev–Trinajstić information content (AvgIpc) is 2.52. The summed E-state index contributed by atoms with van der Waals surface area (Å²) in [7, 11) is -10.5. The SMILES string of the molecule is O=S(=O)(O)C1(S(=O)(=O)O)CC(N=C=S)=CC=C1C=Cc1ccccc1. The average molecular weight is 399 g/mol. The van der Waals surface area contributed by atoms with E-state index in [4.69, 9.17) is 0 Å². The third kappa shape index (κ3) is 3.84. The Hall–Kier alpha value is -1.94. The Morgan fingerprint density at radius 2 is 1.64 bits per heavy atom. The molecule has 0 fully saturated rings. The van der Waals surface area contributed by atoms with Gasteiger partial charge >= 0.3 is 0 Å². The molecule has 0 atom stereocenters. The van der Waals surface area contributed by atoms with Crippen LogP contribution in [0.5, 0.6) is 0 Å². The van der Waals surface area contributed by atoms with Gasteiger partial charge in [-0.2, -0.15) is 21.8 Å². The van der Waals surface area contributed by atoms with E-state index in [0.29, 0.717) is 5.56 Å². The van der Waals surface area contributed by atoms with Crippen molar-refractivity contribution in [3.05, 3.63) is 65.4 Å². The van der Waals surface area contributed by atoms with Crippen molar-refractivity contribution in [3.63, 3.8) is 0 Å². The van der Waals surface area contributed by atoms with E-state index in [9.17, 15) is 25.9 Å². The zero-order chi connectivity index (χ0) is 18.7. The summed E-state index contributed by atoms with van der Waals surface area (Å²) in [4.78, 5) is 3.56. The molecule has 0 aromatic heterocycles. The molecular weight excluding hydrogens is 386 g/mol. The van der Waals surface area contributed by atoms with E-state index < -0.39 is 30.7 Å². The van der Waals surface area contributed by atoms with E-state index in [1.807, 2.05) is 5.16 Å². The van der Waals surface area contributed by atoms with Crippen molar-refractivity contribution in [2.24, 2.45) is 4.99 Å². The Morgan fingerprint density at radius 1 is 1.04 bits per heavy atom. The molecule has 0 radical (unpaired) electrons. The number of benzene rings is 1. The summed E-state index contributed by atoms with van der Waals surface area (Å²) >= 11 is 4.42. The summed E-state index contributed by atoms with van der Waals surface area (Å²) in [5.41, 5.74) is 0.265. The zero-order valence-electron chi connectivity index (χ0n) is 12.6. The molecule has 0 unspecified atom stereocenters. The predicted octanol–water partition coefficient (Wildman–Crippen LogP) is 2.49.